The van der Waals surface area contributed by atoms with Gasteiger partial charge in [0.15, 0.2) is 0 Å². The number of rotatable bonds is 5. The van der Waals surface area contributed by atoms with Crippen molar-refractivity contribution in [3.05, 3.63) is 20.8 Å². The van der Waals surface area contributed by atoms with Crippen LogP contribution in [0, 0.1) is 5.92 Å². The van der Waals surface area contributed by atoms with Crippen molar-refractivity contribution in [1.29, 1.82) is 0 Å². The molecule has 1 heterocycles. The van der Waals surface area contributed by atoms with Crippen molar-refractivity contribution in [2.45, 2.75) is 26.4 Å². The molecule has 15 heavy (non-hydrogen) atoms. The monoisotopic (exact) mass is 291 g/mol. The molecule has 0 spiro atoms. The van der Waals surface area contributed by atoms with Crippen LogP contribution >= 0.6 is 27.3 Å². The number of carboxylic acid groups (broad SMARTS) is 1. The number of halogens is 1. The van der Waals surface area contributed by atoms with Gasteiger partial charge < -0.3 is 5.11 Å². The number of nitrogens with one attached hydrogen (secondary N) is 1. The SMILES string of the molecule is CC(C)[C@H](NCc1cc(Br)cs1)C(=O)O. The zero-order chi connectivity index (χ0) is 11.4. The molecular formula is C10H14BrNO2S. The molecule has 1 atom stereocenters. The minimum absolute atomic E-state index is 0.0888. The second kappa shape index (κ2) is 5.63. The Labute approximate surface area is 102 Å². The van der Waals surface area contributed by atoms with Crippen molar-refractivity contribution in [2.24, 2.45) is 5.92 Å². The summed E-state index contributed by atoms with van der Waals surface area (Å²) in [5.41, 5.74) is 0. The summed E-state index contributed by atoms with van der Waals surface area (Å²) >= 11 is 4.98. The van der Waals surface area contributed by atoms with Gasteiger partial charge in [-0.15, -0.1) is 11.3 Å². The second-order valence-corrected chi connectivity index (χ2v) is 5.58. The lowest BCUT2D eigenvalue weighted by molar-refractivity contribution is -0.140. The summed E-state index contributed by atoms with van der Waals surface area (Å²) in [5.74, 6) is -0.702. The van der Waals surface area contributed by atoms with Crippen molar-refractivity contribution < 1.29 is 9.90 Å². The molecule has 0 bridgehead atoms. The van der Waals surface area contributed by atoms with Crippen LogP contribution in [0.5, 0.6) is 0 Å². The highest BCUT2D eigenvalue weighted by atomic mass is 79.9. The molecule has 1 aromatic rings. The Kier molecular flexibility index (Phi) is 4.76. The largest absolute Gasteiger partial charge is 0.480 e. The molecule has 1 aromatic heterocycles. The summed E-state index contributed by atoms with van der Waals surface area (Å²) < 4.78 is 1.04. The summed E-state index contributed by atoms with van der Waals surface area (Å²) in [6.07, 6.45) is 0. The highest BCUT2D eigenvalue weighted by Gasteiger charge is 2.20. The van der Waals surface area contributed by atoms with Gasteiger partial charge in [0.2, 0.25) is 0 Å². The van der Waals surface area contributed by atoms with E-state index in [4.69, 9.17) is 5.11 Å². The normalized spacial score (nSPS) is 13.1. The van der Waals surface area contributed by atoms with Gasteiger partial charge in [-0.05, 0) is 27.9 Å². The lowest BCUT2D eigenvalue weighted by atomic mass is 10.1. The molecule has 0 aliphatic rings. The van der Waals surface area contributed by atoms with Crippen molar-refractivity contribution in [1.82, 2.24) is 5.32 Å². The molecule has 0 aliphatic carbocycles. The highest BCUT2D eigenvalue weighted by Crippen LogP contribution is 2.19. The number of carboxylic acids is 1. The first-order valence-electron chi connectivity index (χ1n) is 4.70. The lowest BCUT2D eigenvalue weighted by Crippen LogP contribution is -2.40. The molecule has 0 amide bonds. The Morgan fingerprint density at radius 2 is 2.33 bits per heavy atom. The average Bonchev–Trinajstić information content (AvgIpc) is 2.50. The van der Waals surface area contributed by atoms with E-state index in [1.54, 1.807) is 11.3 Å². The van der Waals surface area contributed by atoms with Crippen LogP contribution in [0.3, 0.4) is 0 Å². The Balaban J connectivity index is 2.50. The molecule has 3 nitrogen and oxygen atoms in total. The van der Waals surface area contributed by atoms with E-state index in [0.29, 0.717) is 6.54 Å². The van der Waals surface area contributed by atoms with Crippen LogP contribution < -0.4 is 5.32 Å². The molecule has 2 N–H and O–H groups in total. The predicted octanol–water partition coefficient (Wildman–Crippen LogP) is 2.71. The molecule has 1 rings (SSSR count). The molecule has 0 radical (unpaired) electrons. The number of hydrogen-bond acceptors (Lipinski definition) is 3. The molecule has 84 valence electrons. The number of carbonyl (C=O) groups is 1. The third-order valence-corrected chi connectivity index (χ3v) is 3.75. The van der Waals surface area contributed by atoms with Crippen molar-refractivity contribution in [3.8, 4) is 0 Å². The molecule has 0 saturated heterocycles. The van der Waals surface area contributed by atoms with Gasteiger partial charge in [-0.25, -0.2) is 0 Å². The Hall–Kier alpha value is -0.390. The van der Waals surface area contributed by atoms with Gasteiger partial charge in [0, 0.05) is 21.3 Å². The molecular weight excluding hydrogens is 278 g/mol. The van der Waals surface area contributed by atoms with Gasteiger partial charge in [0.1, 0.15) is 6.04 Å². The van der Waals surface area contributed by atoms with Gasteiger partial charge in [-0.2, -0.15) is 0 Å². The van der Waals surface area contributed by atoms with E-state index in [2.05, 4.69) is 21.2 Å². The summed E-state index contributed by atoms with van der Waals surface area (Å²) in [5, 5.41) is 14.0. The fourth-order valence-electron chi connectivity index (χ4n) is 1.27. The van der Waals surface area contributed by atoms with E-state index in [-0.39, 0.29) is 5.92 Å². The molecule has 0 aliphatic heterocycles. The Morgan fingerprint density at radius 3 is 2.73 bits per heavy atom. The molecule has 0 saturated carbocycles. The maximum atomic E-state index is 10.9. The maximum absolute atomic E-state index is 10.9. The van der Waals surface area contributed by atoms with Crippen LogP contribution in [-0.4, -0.2) is 17.1 Å². The van der Waals surface area contributed by atoms with E-state index in [1.165, 1.54) is 0 Å². The maximum Gasteiger partial charge on any atom is 0.320 e. The van der Waals surface area contributed by atoms with Crippen LogP contribution in [0.15, 0.2) is 15.9 Å². The van der Waals surface area contributed by atoms with Crippen molar-refractivity contribution in [3.63, 3.8) is 0 Å². The number of hydrogen-bond donors (Lipinski definition) is 2. The van der Waals surface area contributed by atoms with E-state index in [9.17, 15) is 4.79 Å². The van der Waals surface area contributed by atoms with Crippen LogP contribution in [0.2, 0.25) is 0 Å². The summed E-state index contributed by atoms with van der Waals surface area (Å²) in [6, 6.07) is 1.52. The lowest BCUT2D eigenvalue weighted by Gasteiger charge is -2.17. The zero-order valence-electron chi connectivity index (χ0n) is 8.66. The summed E-state index contributed by atoms with van der Waals surface area (Å²) in [4.78, 5) is 12.0. The van der Waals surface area contributed by atoms with Crippen LogP contribution in [0.1, 0.15) is 18.7 Å². The zero-order valence-corrected chi connectivity index (χ0v) is 11.1. The highest BCUT2D eigenvalue weighted by molar-refractivity contribution is 9.10. The fraction of sp³-hybridized carbons (Fsp3) is 0.500. The van der Waals surface area contributed by atoms with E-state index in [0.717, 1.165) is 9.35 Å². The van der Waals surface area contributed by atoms with E-state index < -0.39 is 12.0 Å². The van der Waals surface area contributed by atoms with Crippen molar-refractivity contribution in [2.75, 3.05) is 0 Å². The predicted molar refractivity (Wildman–Crippen MR) is 65.1 cm³/mol. The van der Waals surface area contributed by atoms with Crippen LogP contribution in [-0.2, 0) is 11.3 Å². The summed E-state index contributed by atoms with van der Waals surface area (Å²) in [6.45, 7) is 4.40. The van der Waals surface area contributed by atoms with Gasteiger partial charge in [0.05, 0.1) is 0 Å². The fourth-order valence-corrected chi connectivity index (χ4v) is 2.67. The number of aliphatic carboxylic acids is 1. The third kappa shape index (κ3) is 3.93. The smallest absolute Gasteiger partial charge is 0.320 e. The number of thiophene rings is 1. The standard InChI is InChI=1S/C10H14BrNO2S/c1-6(2)9(10(13)14)12-4-8-3-7(11)5-15-8/h3,5-6,9,12H,4H2,1-2H3,(H,13,14)/t9-/m0/s1. The second-order valence-electron chi connectivity index (χ2n) is 3.67. The Bertz CT molecular complexity index is 338. The van der Waals surface area contributed by atoms with Gasteiger partial charge in [-0.3, -0.25) is 10.1 Å². The van der Waals surface area contributed by atoms with Gasteiger partial charge >= 0.3 is 5.97 Å². The van der Waals surface area contributed by atoms with Gasteiger partial charge in [0.25, 0.3) is 0 Å². The van der Waals surface area contributed by atoms with E-state index >= 15 is 0 Å². The molecule has 0 fully saturated rings. The molecule has 0 unspecified atom stereocenters. The summed E-state index contributed by atoms with van der Waals surface area (Å²) in [7, 11) is 0. The third-order valence-electron chi connectivity index (χ3n) is 2.05. The van der Waals surface area contributed by atoms with Crippen LogP contribution in [0.25, 0.3) is 0 Å². The minimum Gasteiger partial charge on any atom is -0.480 e. The first-order valence-corrected chi connectivity index (χ1v) is 6.37. The Morgan fingerprint density at radius 1 is 1.67 bits per heavy atom. The van der Waals surface area contributed by atoms with Crippen LogP contribution in [0.4, 0.5) is 0 Å². The minimum atomic E-state index is -0.791. The molecule has 5 heteroatoms. The molecule has 0 aromatic carbocycles. The first kappa shape index (κ1) is 12.7. The average molecular weight is 292 g/mol. The van der Waals surface area contributed by atoms with Crippen molar-refractivity contribution >= 4 is 33.2 Å². The van der Waals surface area contributed by atoms with E-state index in [1.807, 2.05) is 25.3 Å². The quantitative estimate of drug-likeness (QED) is 0.877. The topological polar surface area (TPSA) is 49.3 Å². The first-order chi connectivity index (χ1) is 7.00. The van der Waals surface area contributed by atoms with Gasteiger partial charge in [-0.1, -0.05) is 13.8 Å².